The zero-order valence-corrected chi connectivity index (χ0v) is 9.60. The van der Waals surface area contributed by atoms with Crippen molar-refractivity contribution in [3.05, 3.63) is 29.8 Å². The van der Waals surface area contributed by atoms with E-state index in [1.807, 2.05) is 6.92 Å². The van der Waals surface area contributed by atoms with Crippen molar-refractivity contribution in [2.24, 2.45) is 0 Å². The summed E-state index contributed by atoms with van der Waals surface area (Å²) in [6, 6.07) is 5.90. The summed E-state index contributed by atoms with van der Waals surface area (Å²) in [5.74, 6) is -1.53. The first-order valence-corrected chi connectivity index (χ1v) is 5.09. The van der Waals surface area contributed by atoms with Gasteiger partial charge in [0.1, 0.15) is 5.75 Å². The number of carbonyl (C=O) groups is 2. The van der Waals surface area contributed by atoms with Gasteiger partial charge in [-0.1, -0.05) is 0 Å². The highest BCUT2D eigenvalue weighted by molar-refractivity contribution is 6.11. The van der Waals surface area contributed by atoms with Gasteiger partial charge in [-0.05, 0) is 31.2 Å². The summed E-state index contributed by atoms with van der Waals surface area (Å²) in [6.45, 7) is 2.33. The lowest BCUT2D eigenvalue weighted by Crippen LogP contribution is -2.26. The molecular weight excluding hydrogens is 227 g/mol. The van der Waals surface area contributed by atoms with Crippen molar-refractivity contribution >= 4 is 11.8 Å². The van der Waals surface area contributed by atoms with Crippen LogP contribution in [0.15, 0.2) is 24.3 Å². The molecule has 0 N–H and O–H groups in total. The molecule has 0 fully saturated rings. The quantitative estimate of drug-likeness (QED) is 0.447. The van der Waals surface area contributed by atoms with E-state index >= 15 is 0 Å². The highest BCUT2D eigenvalue weighted by atomic mass is 19.1. The molecule has 0 spiro atoms. The Morgan fingerprint density at radius 2 is 1.88 bits per heavy atom. The smallest absolute Gasteiger partial charge is 0.348 e. The average molecular weight is 240 g/mol. The predicted octanol–water partition coefficient (Wildman–Crippen LogP) is 1.78. The maximum Gasteiger partial charge on any atom is 0.348 e. The van der Waals surface area contributed by atoms with Gasteiger partial charge in [0, 0.05) is 5.56 Å². The van der Waals surface area contributed by atoms with E-state index in [1.165, 1.54) is 12.1 Å². The zero-order valence-electron chi connectivity index (χ0n) is 9.60. The van der Waals surface area contributed by atoms with Crippen LogP contribution >= 0.6 is 0 Å². The van der Waals surface area contributed by atoms with Gasteiger partial charge in [0.05, 0.1) is 13.7 Å². The Morgan fingerprint density at radius 1 is 1.29 bits per heavy atom. The van der Waals surface area contributed by atoms with E-state index in [1.54, 1.807) is 12.1 Å². The van der Waals surface area contributed by atoms with Crippen LogP contribution in [-0.2, 0) is 9.53 Å². The maximum atomic E-state index is 13.3. The topological polar surface area (TPSA) is 52.6 Å². The van der Waals surface area contributed by atoms with Crippen LogP contribution in [-0.4, -0.2) is 31.6 Å². The molecule has 0 amide bonds. The first-order valence-electron chi connectivity index (χ1n) is 5.09. The fourth-order valence-corrected chi connectivity index (χ4v) is 1.24. The summed E-state index contributed by atoms with van der Waals surface area (Å²) in [4.78, 5) is 22.4. The average Bonchev–Trinajstić information content (AvgIpc) is 2.37. The van der Waals surface area contributed by atoms with E-state index in [0.717, 1.165) is 7.11 Å². The molecule has 1 aromatic rings. The second-order valence-corrected chi connectivity index (χ2v) is 3.21. The summed E-state index contributed by atoms with van der Waals surface area (Å²) < 4.78 is 22.6. The number of ketones is 1. The number of esters is 1. The summed E-state index contributed by atoms with van der Waals surface area (Å²) in [5, 5.41) is 0. The number of methoxy groups -OCH3 is 1. The molecule has 5 heteroatoms. The number of alkyl halides is 1. The minimum atomic E-state index is -2.28. The van der Waals surface area contributed by atoms with E-state index in [4.69, 9.17) is 4.74 Å². The molecule has 1 unspecified atom stereocenters. The minimum Gasteiger partial charge on any atom is -0.494 e. The second kappa shape index (κ2) is 5.98. The summed E-state index contributed by atoms with van der Waals surface area (Å²) in [7, 11) is 1.03. The lowest BCUT2D eigenvalue weighted by atomic mass is 10.1. The monoisotopic (exact) mass is 240 g/mol. The molecule has 0 bridgehead atoms. The number of hydrogen-bond donors (Lipinski definition) is 0. The van der Waals surface area contributed by atoms with Gasteiger partial charge in [-0.2, -0.15) is 0 Å². The van der Waals surface area contributed by atoms with Crippen LogP contribution in [0.2, 0.25) is 0 Å². The third kappa shape index (κ3) is 3.27. The molecule has 0 aromatic heterocycles. The normalized spacial score (nSPS) is 11.7. The third-order valence-electron chi connectivity index (χ3n) is 2.09. The van der Waals surface area contributed by atoms with Crippen LogP contribution in [0.1, 0.15) is 17.3 Å². The Hall–Kier alpha value is -1.91. The van der Waals surface area contributed by atoms with Crippen LogP contribution in [0.25, 0.3) is 0 Å². The molecule has 17 heavy (non-hydrogen) atoms. The van der Waals surface area contributed by atoms with Gasteiger partial charge >= 0.3 is 5.97 Å². The zero-order chi connectivity index (χ0) is 12.8. The van der Waals surface area contributed by atoms with Crippen molar-refractivity contribution in [3.63, 3.8) is 0 Å². The van der Waals surface area contributed by atoms with Crippen molar-refractivity contribution in [2.75, 3.05) is 13.7 Å². The molecule has 0 aliphatic rings. The fourth-order valence-electron chi connectivity index (χ4n) is 1.24. The number of hydrogen-bond acceptors (Lipinski definition) is 4. The molecule has 0 radical (unpaired) electrons. The highest BCUT2D eigenvalue weighted by Gasteiger charge is 2.27. The maximum absolute atomic E-state index is 13.3. The number of carbonyl (C=O) groups excluding carboxylic acids is 2. The van der Waals surface area contributed by atoms with Crippen LogP contribution in [0, 0.1) is 0 Å². The van der Waals surface area contributed by atoms with Gasteiger partial charge in [-0.25, -0.2) is 9.18 Å². The molecule has 4 nitrogen and oxygen atoms in total. The number of halogens is 1. The molecular formula is C12H13FO4. The van der Waals surface area contributed by atoms with Gasteiger partial charge in [-0.15, -0.1) is 0 Å². The van der Waals surface area contributed by atoms with Crippen molar-refractivity contribution in [1.82, 2.24) is 0 Å². The lowest BCUT2D eigenvalue weighted by molar-refractivity contribution is -0.144. The van der Waals surface area contributed by atoms with Crippen LogP contribution in [0.5, 0.6) is 5.75 Å². The van der Waals surface area contributed by atoms with Gasteiger partial charge in [0.25, 0.3) is 6.17 Å². The Balaban J connectivity index is 2.79. The highest BCUT2D eigenvalue weighted by Crippen LogP contribution is 2.14. The second-order valence-electron chi connectivity index (χ2n) is 3.21. The molecule has 1 rings (SSSR count). The molecule has 0 aliphatic heterocycles. The Labute approximate surface area is 98.3 Å². The van der Waals surface area contributed by atoms with Gasteiger partial charge in [-0.3, -0.25) is 4.79 Å². The van der Waals surface area contributed by atoms with E-state index < -0.39 is 17.9 Å². The largest absolute Gasteiger partial charge is 0.494 e. The molecule has 0 saturated heterocycles. The summed E-state index contributed by atoms with van der Waals surface area (Å²) >= 11 is 0. The van der Waals surface area contributed by atoms with E-state index in [0.29, 0.717) is 12.4 Å². The lowest BCUT2D eigenvalue weighted by Gasteiger charge is -2.06. The Morgan fingerprint density at radius 3 is 2.35 bits per heavy atom. The van der Waals surface area contributed by atoms with E-state index in [2.05, 4.69) is 4.74 Å². The molecule has 0 heterocycles. The minimum absolute atomic E-state index is 0.103. The van der Waals surface area contributed by atoms with E-state index in [-0.39, 0.29) is 5.56 Å². The predicted molar refractivity (Wildman–Crippen MR) is 58.9 cm³/mol. The SMILES string of the molecule is CCOc1ccc(C(=O)C(F)C(=O)OC)cc1. The molecule has 0 aliphatic carbocycles. The molecule has 1 aromatic carbocycles. The van der Waals surface area contributed by atoms with Crippen LogP contribution in [0.3, 0.4) is 0 Å². The standard InChI is InChI=1S/C12H13FO4/c1-3-17-9-6-4-8(5-7-9)11(14)10(13)12(15)16-2/h4-7,10H,3H2,1-2H3. The number of benzene rings is 1. The number of Topliss-reactive ketones (excluding diaryl/α,β-unsaturated/α-hetero) is 1. The molecule has 0 saturated carbocycles. The molecule has 1 atom stereocenters. The summed E-state index contributed by atoms with van der Waals surface area (Å²) in [5.41, 5.74) is 0.103. The molecule has 92 valence electrons. The van der Waals surface area contributed by atoms with Gasteiger partial charge < -0.3 is 9.47 Å². The fraction of sp³-hybridized carbons (Fsp3) is 0.333. The third-order valence-corrected chi connectivity index (χ3v) is 2.09. The van der Waals surface area contributed by atoms with Crippen LogP contribution in [0.4, 0.5) is 4.39 Å². The van der Waals surface area contributed by atoms with Crippen molar-refractivity contribution in [3.8, 4) is 5.75 Å². The Bertz CT molecular complexity index is 399. The number of ether oxygens (including phenoxy) is 2. The van der Waals surface area contributed by atoms with E-state index in [9.17, 15) is 14.0 Å². The van der Waals surface area contributed by atoms with Gasteiger partial charge in [0.2, 0.25) is 5.78 Å². The first kappa shape index (κ1) is 13.2. The van der Waals surface area contributed by atoms with Crippen molar-refractivity contribution in [1.29, 1.82) is 0 Å². The Kier molecular flexibility index (Phi) is 4.63. The van der Waals surface area contributed by atoms with Crippen molar-refractivity contribution < 1.29 is 23.5 Å². The van der Waals surface area contributed by atoms with Crippen molar-refractivity contribution in [2.45, 2.75) is 13.1 Å². The number of rotatable bonds is 5. The van der Waals surface area contributed by atoms with Gasteiger partial charge in [0.15, 0.2) is 0 Å². The summed E-state index contributed by atoms with van der Waals surface area (Å²) in [6.07, 6.45) is -2.28. The van der Waals surface area contributed by atoms with Crippen LogP contribution < -0.4 is 4.74 Å². The first-order chi connectivity index (χ1) is 8.10.